The van der Waals surface area contributed by atoms with Crippen molar-refractivity contribution in [3.05, 3.63) is 58.6 Å². The Balaban J connectivity index is 1.83. The molecule has 0 radical (unpaired) electrons. The maximum absolute atomic E-state index is 12.6. The van der Waals surface area contributed by atoms with Crippen LogP contribution in [-0.4, -0.2) is 30.3 Å². The lowest BCUT2D eigenvalue weighted by Crippen LogP contribution is -2.26. The van der Waals surface area contributed by atoms with Gasteiger partial charge in [0.05, 0.1) is 7.11 Å². The Kier molecular flexibility index (Phi) is 4.92. The minimum absolute atomic E-state index is 0.160. The Bertz CT molecular complexity index is 864. The lowest BCUT2D eigenvalue weighted by molar-refractivity contribution is 0.0992. The lowest BCUT2D eigenvalue weighted by Gasteiger charge is -2.13. The molecule has 1 aromatic heterocycles. The third-order valence-corrected chi connectivity index (χ3v) is 4.99. The van der Waals surface area contributed by atoms with E-state index in [1.165, 1.54) is 16.2 Å². The largest absolute Gasteiger partial charge is 0.497 e. The maximum Gasteiger partial charge on any atom is 0.259 e. The maximum atomic E-state index is 12.6. The Morgan fingerprint density at radius 1 is 1.17 bits per heavy atom. The summed E-state index contributed by atoms with van der Waals surface area (Å²) in [6.07, 6.45) is 0. The van der Waals surface area contributed by atoms with Crippen LogP contribution in [0.3, 0.4) is 0 Å². The summed E-state index contributed by atoms with van der Waals surface area (Å²) in [5.41, 5.74) is 1.50. The highest BCUT2D eigenvalue weighted by molar-refractivity contribution is 9.10. The molecule has 1 amide bonds. The normalized spacial score (nSPS) is 10.5. The average Bonchev–Trinajstić information content (AvgIpc) is 3.11. The quantitative estimate of drug-likeness (QED) is 0.653. The van der Waals surface area contributed by atoms with Crippen LogP contribution >= 0.6 is 27.3 Å². The molecule has 1 heterocycles. The molecule has 3 aromatic rings. The third kappa shape index (κ3) is 3.47. The van der Waals surface area contributed by atoms with Crippen LogP contribution in [-0.2, 0) is 0 Å². The smallest absolute Gasteiger partial charge is 0.259 e. The van der Waals surface area contributed by atoms with E-state index in [9.17, 15) is 4.79 Å². The Hall–Kier alpha value is -2.25. The highest BCUT2D eigenvalue weighted by Crippen LogP contribution is 2.29. The second-order valence-electron chi connectivity index (χ2n) is 4.99. The van der Waals surface area contributed by atoms with Crippen molar-refractivity contribution in [2.75, 3.05) is 19.1 Å². The zero-order valence-corrected chi connectivity index (χ0v) is 15.5. The Morgan fingerprint density at radius 3 is 2.62 bits per heavy atom. The molecule has 122 valence electrons. The number of amides is 1. The van der Waals surface area contributed by atoms with Crippen LogP contribution in [0.2, 0.25) is 0 Å². The molecular formula is C17H14BrN3O2S. The van der Waals surface area contributed by atoms with Gasteiger partial charge in [-0.3, -0.25) is 9.69 Å². The van der Waals surface area contributed by atoms with Crippen LogP contribution < -0.4 is 9.64 Å². The molecule has 3 rings (SSSR count). The summed E-state index contributed by atoms with van der Waals surface area (Å²) in [4.78, 5) is 14.1. The first-order valence-electron chi connectivity index (χ1n) is 7.10. The fraction of sp³-hybridized carbons (Fsp3) is 0.118. The summed E-state index contributed by atoms with van der Waals surface area (Å²) in [7, 11) is 3.26. The van der Waals surface area contributed by atoms with Gasteiger partial charge in [0.15, 0.2) is 0 Å². The van der Waals surface area contributed by atoms with Gasteiger partial charge in [-0.2, -0.15) is 0 Å². The summed E-state index contributed by atoms with van der Waals surface area (Å²) >= 11 is 4.78. The predicted molar refractivity (Wildman–Crippen MR) is 98.8 cm³/mol. The van der Waals surface area contributed by atoms with Crippen LogP contribution in [0.1, 0.15) is 10.4 Å². The zero-order valence-electron chi connectivity index (χ0n) is 13.1. The molecule has 0 aliphatic carbocycles. The predicted octanol–water partition coefficient (Wildman–Crippen LogP) is 4.25. The number of carbonyl (C=O) groups excluding carboxylic acids is 1. The van der Waals surface area contributed by atoms with Gasteiger partial charge in [-0.1, -0.05) is 45.5 Å². The van der Waals surface area contributed by atoms with Crippen molar-refractivity contribution in [3.63, 3.8) is 0 Å². The van der Waals surface area contributed by atoms with Gasteiger partial charge < -0.3 is 4.74 Å². The molecule has 0 saturated heterocycles. The van der Waals surface area contributed by atoms with Crippen LogP contribution in [0.4, 0.5) is 5.13 Å². The number of hydrogen-bond donors (Lipinski definition) is 0. The molecule has 0 N–H and O–H groups in total. The number of methoxy groups -OCH3 is 1. The third-order valence-electron chi connectivity index (χ3n) is 3.41. The highest BCUT2D eigenvalue weighted by atomic mass is 79.9. The number of nitrogens with zero attached hydrogens (tertiary/aromatic N) is 3. The summed E-state index contributed by atoms with van der Waals surface area (Å²) in [5.74, 6) is 0.481. The highest BCUT2D eigenvalue weighted by Gasteiger charge is 2.18. The van der Waals surface area contributed by atoms with Crippen molar-refractivity contribution in [1.29, 1.82) is 0 Å². The topological polar surface area (TPSA) is 55.3 Å². The SMILES string of the molecule is COc1cccc(C(=O)N(C)c2nnc(-c3ccc(Br)cc3)s2)c1. The van der Waals surface area contributed by atoms with Crippen LogP contribution in [0.5, 0.6) is 5.75 Å². The number of halogens is 1. The molecule has 0 aliphatic heterocycles. The summed E-state index contributed by atoms with van der Waals surface area (Å²) < 4.78 is 6.16. The van der Waals surface area contributed by atoms with E-state index in [4.69, 9.17) is 4.74 Å². The summed E-state index contributed by atoms with van der Waals surface area (Å²) in [6.45, 7) is 0. The molecule has 7 heteroatoms. The fourth-order valence-corrected chi connectivity index (χ4v) is 3.17. The van der Waals surface area contributed by atoms with Gasteiger partial charge in [-0.05, 0) is 30.3 Å². The van der Waals surface area contributed by atoms with Gasteiger partial charge in [0.25, 0.3) is 5.91 Å². The number of hydrogen-bond acceptors (Lipinski definition) is 5. The first-order valence-corrected chi connectivity index (χ1v) is 8.71. The van der Waals surface area contributed by atoms with Crippen molar-refractivity contribution < 1.29 is 9.53 Å². The summed E-state index contributed by atoms with van der Waals surface area (Å²) in [5, 5.41) is 9.63. The van der Waals surface area contributed by atoms with Crippen LogP contribution in [0.15, 0.2) is 53.0 Å². The van der Waals surface area contributed by atoms with E-state index in [2.05, 4.69) is 26.1 Å². The summed E-state index contributed by atoms with van der Waals surface area (Å²) in [6, 6.07) is 14.8. The number of carbonyl (C=O) groups is 1. The van der Waals surface area contributed by atoms with Gasteiger partial charge in [-0.25, -0.2) is 0 Å². The fourth-order valence-electron chi connectivity index (χ4n) is 2.10. The van der Waals surface area contributed by atoms with Gasteiger partial charge in [-0.15, -0.1) is 10.2 Å². The average molecular weight is 404 g/mol. The van der Waals surface area contributed by atoms with Gasteiger partial charge >= 0.3 is 0 Å². The second kappa shape index (κ2) is 7.11. The first kappa shape index (κ1) is 16.6. The first-order chi connectivity index (χ1) is 11.6. The van der Waals surface area contributed by atoms with E-state index in [-0.39, 0.29) is 5.91 Å². The monoisotopic (exact) mass is 403 g/mol. The van der Waals surface area contributed by atoms with Gasteiger partial charge in [0, 0.05) is 22.6 Å². The van der Waals surface area contributed by atoms with Gasteiger partial charge in [0.1, 0.15) is 10.8 Å². The molecule has 0 unspecified atom stereocenters. The van der Waals surface area contributed by atoms with E-state index >= 15 is 0 Å². The Labute approximate surface area is 152 Å². The van der Waals surface area contributed by atoms with Gasteiger partial charge in [0.2, 0.25) is 5.13 Å². The van der Waals surface area contributed by atoms with Crippen molar-refractivity contribution in [2.45, 2.75) is 0 Å². The minimum atomic E-state index is -0.160. The molecule has 0 aliphatic rings. The lowest BCUT2D eigenvalue weighted by atomic mass is 10.2. The van der Waals surface area contributed by atoms with E-state index in [0.29, 0.717) is 16.4 Å². The van der Waals surface area contributed by atoms with E-state index in [0.717, 1.165) is 15.0 Å². The molecular weight excluding hydrogens is 390 g/mol. The number of aromatic nitrogens is 2. The molecule has 2 aromatic carbocycles. The minimum Gasteiger partial charge on any atom is -0.497 e. The van der Waals surface area contributed by atoms with E-state index in [1.807, 2.05) is 24.3 Å². The van der Waals surface area contributed by atoms with Crippen molar-refractivity contribution in [1.82, 2.24) is 10.2 Å². The number of anilines is 1. The molecule has 0 fully saturated rings. The molecule has 0 atom stereocenters. The van der Waals surface area contributed by atoms with E-state index in [1.54, 1.807) is 38.4 Å². The van der Waals surface area contributed by atoms with Crippen LogP contribution in [0.25, 0.3) is 10.6 Å². The van der Waals surface area contributed by atoms with Crippen molar-refractivity contribution >= 4 is 38.3 Å². The molecule has 0 saturated carbocycles. The second-order valence-corrected chi connectivity index (χ2v) is 6.86. The van der Waals surface area contributed by atoms with Crippen molar-refractivity contribution in [2.24, 2.45) is 0 Å². The molecule has 0 spiro atoms. The molecule has 24 heavy (non-hydrogen) atoms. The van der Waals surface area contributed by atoms with E-state index < -0.39 is 0 Å². The molecule has 0 bridgehead atoms. The number of benzene rings is 2. The number of rotatable bonds is 4. The number of ether oxygens (including phenoxy) is 1. The van der Waals surface area contributed by atoms with Crippen LogP contribution in [0, 0.1) is 0 Å². The molecule has 5 nitrogen and oxygen atoms in total. The standard InChI is InChI=1S/C17H14BrN3O2S/c1-21(16(22)12-4-3-5-14(10-12)23-2)17-20-19-15(24-17)11-6-8-13(18)9-7-11/h3-10H,1-2H3. The Morgan fingerprint density at radius 2 is 1.92 bits per heavy atom. The zero-order chi connectivity index (χ0) is 17.1. The van der Waals surface area contributed by atoms with Crippen molar-refractivity contribution in [3.8, 4) is 16.3 Å².